The molecule has 0 fully saturated rings. The van der Waals surface area contributed by atoms with Crippen LogP contribution in [0, 0.1) is 5.92 Å². The van der Waals surface area contributed by atoms with Gasteiger partial charge in [-0.25, -0.2) is 0 Å². The summed E-state index contributed by atoms with van der Waals surface area (Å²) in [7, 11) is 0. The molecule has 0 atom stereocenters. The monoisotopic (exact) mass is 249 g/mol. The Hall–Kier alpha value is -0.860. The molecule has 0 heterocycles. The van der Waals surface area contributed by atoms with Gasteiger partial charge in [0.1, 0.15) is 0 Å². The zero-order chi connectivity index (χ0) is 13.4. The average molecular weight is 249 g/mol. The lowest BCUT2D eigenvalue weighted by Gasteiger charge is -2.13. The van der Waals surface area contributed by atoms with Crippen LogP contribution in [0.25, 0.3) is 0 Å². The Morgan fingerprint density at radius 2 is 1.72 bits per heavy atom. The lowest BCUT2D eigenvalue weighted by molar-refractivity contribution is 0.0653. The Kier molecular flexibility index (Phi) is 6.99. The zero-order valence-corrected chi connectivity index (χ0v) is 12.2. The molecule has 2 heteroatoms. The molecule has 1 aromatic carbocycles. The van der Waals surface area contributed by atoms with Gasteiger partial charge in [-0.1, -0.05) is 38.1 Å². The summed E-state index contributed by atoms with van der Waals surface area (Å²) < 4.78 is 5.69. The zero-order valence-electron chi connectivity index (χ0n) is 12.2. The summed E-state index contributed by atoms with van der Waals surface area (Å²) in [6.45, 7) is 11.5. The molecule has 1 rings (SSSR count). The van der Waals surface area contributed by atoms with Crippen LogP contribution in [0.4, 0.5) is 0 Å². The van der Waals surface area contributed by atoms with E-state index >= 15 is 0 Å². The Morgan fingerprint density at radius 1 is 1.06 bits per heavy atom. The van der Waals surface area contributed by atoms with E-state index in [0.717, 1.165) is 26.1 Å². The third-order valence-electron chi connectivity index (χ3n) is 2.81. The van der Waals surface area contributed by atoms with Crippen LogP contribution in [-0.2, 0) is 17.8 Å². The fraction of sp³-hybridized carbons (Fsp3) is 0.625. The third-order valence-corrected chi connectivity index (χ3v) is 2.81. The van der Waals surface area contributed by atoms with Crippen LogP contribution in [0.3, 0.4) is 0 Å². The van der Waals surface area contributed by atoms with Crippen molar-refractivity contribution in [1.82, 2.24) is 5.32 Å². The Labute approximate surface area is 112 Å². The predicted octanol–water partition coefficient (Wildman–Crippen LogP) is 3.40. The van der Waals surface area contributed by atoms with Crippen LogP contribution in [-0.4, -0.2) is 19.2 Å². The molecule has 0 radical (unpaired) electrons. The maximum Gasteiger partial charge on any atom is 0.0723 e. The molecule has 102 valence electrons. The third kappa shape index (κ3) is 6.18. The summed E-state index contributed by atoms with van der Waals surface area (Å²) >= 11 is 0. The number of ether oxygens (including phenoxy) is 1. The molecule has 1 aromatic rings. The van der Waals surface area contributed by atoms with Gasteiger partial charge in [0, 0.05) is 0 Å². The average Bonchev–Trinajstić information content (AvgIpc) is 2.33. The highest BCUT2D eigenvalue weighted by molar-refractivity contribution is 5.26. The van der Waals surface area contributed by atoms with Crippen LogP contribution in [0.1, 0.15) is 38.8 Å². The van der Waals surface area contributed by atoms with Gasteiger partial charge >= 0.3 is 0 Å². The van der Waals surface area contributed by atoms with E-state index in [1.54, 1.807) is 0 Å². The first-order chi connectivity index (χ1) is 8.59. The van der Waals surface area contributed by atoms with Gasteiger partial charge in [-0.15, -0.1) is 0 Å². The minimum absolute atomic E-state index is 0.289. The molecule has 0 saturated carbocycles. The molecule has 0 saturated heterocycles. The standard InChI is InChI=1S/C16H27NO/c1-13(2)11-17-10-9-15-7-5-6-8-16(15)12-18-14(3)4/h5-8,13-14,17H,9-12H2,1-4H3. The number of rotatable bonds is 8. The minimum atomic E-state index is 0.289. The van der Waals surface area contributed by atoms with E-state index in [9.17, 15) is 0 Å². The highest BCUT2D eigenvalue weighted by atomic mass is 16.5. The van der Waals surface area contributed by atoms with Crippen LogP contribution in [0.15, 0.2) is 24.3 Å². The van der Waals surface area contributed by atoms with Crippen molar-refractivity contribution in [3.05, 3.63) is 35.4 Å². The van der Waals surface area contributed by atoms with Gasteiger partial charge in [-0.2, -0.15) is 0 Å². The second-order valence-electron chi connectivity index (χ2n) is 5.48. The lowest BCUT2D eigenvalue weighted by Crippen LogP contribution is -2.22. The van der Waals surface area contributed by atoms with E-state index in [0.29, 0.717) is 5.92 Å². The molecule has 2 nitrogen and oxygen atoms in total. The second-order valence-corrected chi connectivity index (χ2v) is 5.48. The van der Waals surface area contributed by atoms with Crippen molar-refractivity contribution in [2.75, 3.05) is 13.1 Å². The maximum atomic E-state index is 5.69. The van der Waals surface area contributed by atoms with Gasteiger partial charge in [0.05, 0.1) is 12.7 Å². The summed E-state index contributed by atoms with van der Waals surface area (Å²) in [5.41, 5.74) is 2.71. The smallest absolute Gasteiger partial charge is 0.0723 e. The molecule has 0 unspecified atom stereocenters. The van der Waals surface area contributed by atoms with Crippen LogP contribution >= 0.6 is 0 Å². The summed E-state index contributed by atoms with van der Waals surface area (Å²) in [4.78, 5) is 0. The van der Waals surface area contributed by atoms with E-state index < -0.39 is 0 Å². The maximum absolute atomic E-state index is 5.69. The number of nitrogens with one attached hydrogen (secondary N) is 1. The fourth-order valence-electron chi connectivity index (χ4n) is 1.81. The molecule has 0 aliphatic rings. The van der Waals surface area contributed by atoms with Gasteiger partial charge in [0.25, 0.3) is 0 Å². The van der Waals surface area contributed by atoms with E-state index in [4.69, 9.17) is 4.74 Å². The van der Waals surface area contributed by atoms with Crippen molar-refractivity contribution >= 4 is 0 Å². The molecule has 0 aromatic heterocycles. The van der Waals surface area contributed by atoms with Crippen molar-refractivity contribution < 1.29 is 4.74 Å². The predicted molar refractivity (Wildman–Crippen MR) is 77.8 cm³/mol. The summed E-state index contributed by atoms with van der Waals surface area (Å²) in [6.07, 6.45) is 1.36. The lowest BCUT2D eigenvalue weighted by atomic mass is 10.1. The topological polar surface area (TPSA) is 21.3 Å². The molecule has 1 N–H and O–H groups in total. The number of hydrogen-bond acceptors (Lipinski definition) is 2. The quantitative estimate of drug-likeness (QED) is 0.713. The first-order valence-electron chi connectivity index (χ1n) is 6.98. The van der Waals surface area contributed by atoms with Crippen molar-refractivity contribution in [2.45, 2.75) is 46.8 Å². The second kappa shape index (κ2) is 8.28. The summed E-state index contributed by atoms with van der Waals surface area (Å²) in [6, 6.07) is 8.57. The normalized spacial score (nSPS) is 11.4. The van der Waals surface area contributed by atoms with Crippen LogP contribution in [0.2, 0.25) is 0 Å². The summed E-state index contributed by atoms with van der Waals surface area (Å²) in [5.74, 6) is 0.713. The van der Waals surface area contributed by atoms with Gasteiger partial charge in [-0.3, -0.25) is 0 Å². The summed E-state index contributed by atoms with van der Waals surface area (Å²) in [5, 5.41) is 3.48. The minimum Gasteiger partial charge on any atom is -0.374 e. The van der Waals surface area contributed by atoms with E-state index in [-0.39, 0.29) is 6.10 Å². The van der Waals surface area contributed by atoms with Crippen molar-refractivity contribution in [1.29, 1.82) is 0 Å². The van der Waals surface area contributed by atoms with E-state index in [1.165, 1.54) is 11.1 Å². The van der Waals surface area contributed by atoms with Gasteiger partial charge in [-0.05, 0) is 50.4 Å². The fourth-order valence-corrected chi connectivity index (χ4v) is 1.81. The van der Waals surface area contributed by atoms with Gasteiger partial charge in [0.15, 0.2) is 0 Å². The van der Waals surface area contributed by atoms with Crippen molar-refractivity contribution in [2.24, 2.45) is 5.92 Å². The molecule has 0 aliphatic carbocycles. The van der Waals surface area contributed by atoms with Crippen LogP contribution in [0.5, 0.6) is 0 Å². The Bertz CT molecular complexity index is 334. The SMILES string of the molecule is CC(C)CNCCc1ccccc1COC(C)C. The Morgan fingerprint density at radius 3 is 2.33 bits per heavy atom. The van der Waals surface area contributed by atoms with Gasteiger partial charge in [0.2, 0.25) is 0 Å². The van der Waals surface area contributed by atoms with Crippen molar-refractivity contribution in [3.63, 3.8) is 0 Å². The number of benzene rings is 1. The highest BCUT2D eigenvalue weighted by Gasteiger charge is 2.03. The first-order valence-corrected chi connectivity index (χ1v) is 6.98. The Balaban J connectivity index is 2.43. The molecular formula is C16H27NO. The molecule has 0 spiro atoms. The van der Waals surface area contributed by atoms with Crippen LogP contribution < -0.4 is 5.32 Å². The molecule has 0 amide bonds. The van der Waals surface area contributed by atoms with E-state index in [1.807, 2.05) is 0 Å². The van der Waals surface area contributed by atoms with E-state index in [2.05, 4.69) is 57.3 Å². The molecular weight excluding hydrogens is 222 g/mol. The molecule has 0 aliphatic heterocycles. The van der Waals surface area contributed by atoms with Crippen molar-refractivity contribution in [3.8, 4) is 0 Å². The molecule has 18 heavy (non-hydrogen) atoms. The highest BCUT2D eigenvalue weighted by Crippen LogP contribution is 2.11. The molecule has 0 bridgehead atoms. The van der Waals surface area contributed by atoms with Gasteiger partial charge < -0.3 is 10.1 Å². The largest absolute Gasteiger partial charge is 0.374 e. The number of hydrogen-bond donors (Lipinski definition) is 1. The first kappa shape index (κ1) is 15.2.